The van der Waals surface area contributed by atoms with Crippen molar-refractivity contribution in [1.29, 1.82) is 0 Å². The summed E-state index contributed by atoms with van der Waals surface area (Å²) in [7, 11) is 0. The van der Waals surface area contributed by atoms with E-state index in [2.05, 4.69) is 29.6 Å². The Hall–Kier alpha value is -1.71. The van der Waals surface area contributed by atoms with Crippen LogP contribution in [0.2, 0.25) is 0 Å². The average molecular weight is 301 g/mol. The van der Waals surface area contributed by atoms with Crippen LogP contribution in [-0.4, -0.2) is 25.4 Å². The molecule has 0 saturated carbocycles. The summed E-state index contributed by atoms with van der Waals surface area (Å²) < 4.78 is 19.5. The summed E-state index contributed by atoms with van der Waals surface area (Å²) in [5, 5.41) is 3.34. The smallest absolute Gasteiger partial charge is 0.138 e. The van der Waals surface area contributed by atoms with Crippen molar-refractivity contribution in [3.63, 3.8) is 0 Å². The second-order valence-electron chi connectivity index (χ2n) is 5.34. The lowest BCUT2D eigenvalue weighted by Crippen LogP contribution is -2.35. The minimum atomic E-state index is -1.03. The molecule has 0 aromatic heterocycles. The molecule has 0 saturated heterocycles. The van der Waals surface area contributed by atoms with Gasteiger partial charge in [-0.15, -0.1) is 0 Å². The predicted octanol–water partition coefficient (Wildman–Crippen LogP) is 4.13. The molecule has 0 amide bonds. The summed E-state index contributed by atoms with van der Waals surface area (Å²) in [6, 6.07) is 20.2. The lowest BCUT2D eigenvalue weighted by Gasteiger charge is -2.23. The second kappa shape index (κ2) is 8.66. The van der Waals surface area contributed by atoms with Crippen molar-refractivity contribution < 1.29 is 9.13 Å². The Labute approximate surface area is 132 Å². The van der Waals surface area contributed by atoms with Gasteiger partial charge in [0, 0.05) is 13.2 Å². The molecule has 0 fully saturated rings. The first-order chi connectivity index (χ1) is 10.7. The molecule has 2 nitrogen and oxygen atoms in total. The van der Waals surface area contributed by atoms with E-state index < -0.39 is 12.3 Å². The molecule has 2 rings (SSSR count). The lowest BCUT2D eigenvalue weighted by atomic mass is 9.98. The molecule has 118 valence electrons. The normalized spacial score (nSPS) is 14.0. The van der Waals surface area contributed by atoms with Crippen LogP contribution in [0.4, 0.5) is 4.39 Å². The molecule has 0 bridgehead atoms. The van der Waals surface area contributed by atoms with Crippen LogP contribution >= 0.6 is 0 Å². The average Bonchev–Trinajstić information content (AvgIpc) is 2.57. The number of nitrogens with one attached hydrogen (secondary N) is 1. The monoisotopic (exact) mass is 301 g/mol. The van der Waals surface area contributed by atoms with Crippen LogP contribution < -0.4 is 5.32 Å². The molecule has 1 N–H and O–H groups in total. The highest BCUT2D eigenvalue weighted by molar-refractivity contribution is 5.31. The Morgan fingerprint density at radius 1 is 0.955 bits per heavy atom. The minimum Gasteiger partial charge on any atom is -0.376 e. The van der Waals surface area contributed by atoms with E-state index in [9.17, 15) is 4.39 Å². The van der Waals surface area contributed by atoms with Crippen molar-refractivity contribution in [2.24, 2.45) is 0 Å². The first-order valence-corrected chi connectivity index (χ1v) is 7.81. The maximum absolute atomic E-state index is 14.2. The molecule has 0 aliphatic rings. The number of halogens is 1. The van der Waals surface area contributed by atoms with Crippen molar-refractivity contribution in [2.75, 3.05) is 13.2 Å². The van der Waals surface area contributed by atoms with Crippen molar-refractivity contribution in [3.05, 3.63) is 71.8 Å². The third kappa shape index (κ3) is 4.65. The predicted molar refractivity (Wildman–Crippen MR) is 88.7 cm³/mol. The van der Waals surface area contributed by atoms with Gasteiger partial charge < -0.3 is 10.1 Å². The van der Waals surface area contributed by atoms with E-state index in [1.54, 1.807) is 6.92 Å². The van der Waals surface area contributed by atoms with E-state index in [1.807, 2.05) is 43.3 Å². The number of alkyl halides is 1. The minimum absolute atomic E-state index is 0.0190. The van der Waals surface area contributed by atoms with Gasteiger partial charge in [0.05, 0.1) is 12.1 Å². The van der Waals surface area contributed by atoms with Crippen LogP contribution in [0.1, 0.15) is 31.0 Å². The van der Waals surface area contributed by atoms with E-state index in [-0.39, 0.29) is 12.6 Å². The Bertz CT molecular complexity index is 492. The van der Waals surface area contributed by atoms with Crippen LogP contribution in [0.25, 0.3) is 0 Å². The van der Waals surface area contributed by atoms with Gasteiger partial charge in [-0.2, -0.15) is 0 Å². The van der Waals surface area contributed by atoms with Gasteiger partial charge >= 0.3 is 0 Å². The molecule has 0 heterocycles. The molecule has 0 spiro atoms. The van der Waals surface area contributed by atoms with Crippen LogP contribution in [-0.2, 0) is 4.74 Å². The van der Waals surface area contributed by atoms with Crippen molar-refractivity contribution in [2.45, 2.75) is 32.2 Å². The quantitative estimate of drug-likeness (QED) is 0.791. The van der Waals surface area contributed by atoms with Crippen LogP contribution in [0.15, 0.2) is 60.7 Å². The fourth-order valence-corrected chi connectivity index (χ4v) is 2.48. The van der Waals surface area contributed by atoms with Gasteiger partial charge in [0.15, 0.2) is 0 Å². The lowest BCUT2D eigenvalue weighted by molar-refractivity contribution is 0.0168. The van der Waals surface area contributed by atoms with Crippen molar-refractivity contribution >= 4 is 0 Å². The second-order valence-corrected chi connectivity index (χ2v) is 5.34. The van der Waals surface area contributed by atoms with Gasteiger partial charge in [0.25, 0.3) is 0 Å². The summed E-state index contributed by atoms with van der Waals surface area (Å²) >= 11 is 0. The molecule has 0 radical (unpaired) electrons. The van der Waals surface area contributed by atoms with E-state index in [0.29, 0.717) is 6.61 Å². The Balaban J connectivity index is 2.09. The number of hydrogen-bond acceptors (Lipinski definition) is 2. The summed E-state index contributed by atoms with van der Waals surface area (Å²) in [6.45, 7) is 4.45. The van der Waals surface area contributed by atoms with Gasteiger partial charge in [0.2, 0.25) is 0 Å². The van der Waals surface area contributed by atoms with Crippen LogP contribution in [0.5, 0.6) is 0 Å². The Morgan fingerprint density at radius 3 is 1.91 bits per heavy atom. The fourth-order valence-electron chi connectivity index (χ4n) is 2.48. The third-order valence-electron chi connectivity index (χ3n) is 3.72. The van der Waals surface area contributed by atoms with Crippen LogP contribution in [0, 0.1) is 0 Å². The zero-order valence-electron chi connectivity index (χ0n) is 13.2. The first kappa shape index (κ1) is 16.7. The van der Waals surface area contributed by atoms with Crippen molar-refractivity contribution in [3.8, 4) is 0 Å². The maximum Gasteiger partial charge on any atom is 0.138 e. The van der Waals surface area contributed by atoms with E-state index in [1.165, 1.54) is 0 Å². The van der Waals surface area contributed by atoms with Gasteiger partial charge in [-0.25, -0.2) is 4.39 Å². The van der Waals surface area contributed by atoms with E-state index in [4.69, 9.17) is 4.74 Å². The summed E-state index contributed by atoms with van der Waals surface area (Å²) in [5.41, 5.74) is 2.26. The number of rotatable bonds is 8. The molecule has 2 aromatic carbocycles. The molecule has 2 atom stereocenters. The Morgan fingerprint density at radius 2 is 1.45 bits per heavy atom. The highest BCUT2D eigenvalue weighted by Gasteiger charge is 2.20. The Kier molecular flexibility index (Phi) is 6.56. The molecule has 0 aliphatic heterocycles. The number of benzene rings is 2. The SMILES string of the molecule is CCOC(C)C(F)CNC(c1ccccc1)c1ccccc1. The van der Waals surface area contributed by atoms with E-state index >= 15 is 0 Å². The fraction of sp³-hybridized carbons (Fsp3) is 0.368. The molecule has 0 aliphatic carbocycles. The zero-order valence-corrected chi connectivity index (χ0v) is 13.2. The topological polar surface area (TPSA) is 21.3 Å². The van der Waals surface area contributed by atoms with Gasteiger partial charge in [-0.1, -0.05) is 60.7 Å². The molecular formula is C19H24FNO. The largest absolute Gasteiger partial charge is 0.376 e. The summed E-state index contributed by atoms with van der Waals surface area (Å²) in [4.78, 5) is 0. The highest BCUT2D eigenvalue weighted by Crippen LogP contribution is 2.22. The molecule has 22 heavy (non-hydrogen) atoms. The summed E-state index contributed by atoms with van der Waals surface area (Å²) in [6.07, 6.45) is -1.43. The van der Waals surface area contributed by atoms with Gasteiger partial charge in [0.1, 0.15) is 6.17 Å². The zero-order chi connectivity index (χ0) is 15.8. The third-order valence-corrected chi connectivity index (χ3v) is 3.72. The van der Waals surface area contributed by atoms with Gasteiger partial charge in [-0.3, -0.25) is 0 Å². The number of hydrogen-bond donors (Lipinski definition) is 1. The number of ether oxygens (including phenoxy) is 1. The first-order valence-electron chi connectivity index (χ1n) is 7.81. The van der Waals surface area contributed by atoms with E-state index in [0.717, 1.165) is 11.1 Å². The summed E-state index contributed by atoms with van der Waals surface area (Å²) in [5.74, 6) is 0. The van der Waals surface area contributed by atoms with Crippen molar-refractivity contribution in [1.82, 2.24) is 5.32 Å². The maximum atomic E-state index is 14.2. The van der Waals surface area contributed by atoms with Gasteiger partial charge in [-0.05, 0) is 25.0 Å². The molecule has 3 heteroatoms. The molecular weight excluding hydrogens is 277 g/mol. The standard InChI is InChI=1S/C19H24FNO/c1-3-22-15(2)18(20)14-21-19(16-10-6-4-7-11-16)17-12-8-5-9-13-17/h4-13,15,18-19,21H,3,14H2,1-2H3. The van der Waals surface area contributed by atoms with Crippen LogP contribution in [0.3, 0.4) is 0 Å². The molecule has 2 aromatic rings. The molecule has 2 unspecified atom stereocenters. The highest BCUT2D eigenvalue weighted by atomic mass is 19.1.